The van der Waals surface area contributed by atoms with Crippen molar-refractivity contribution in [2.45, 2.75) is 20.3 Å². The number of nitrogens with zero attached hydrogens (tertiary/aromatic N) is 2. The number of benzene rings is 2. The summed E-state index contributed by atoms with van der Waals surface area (Å²) in [4.78, 5) is 4.77. The molecular weight excluding hydrogens is 220 g/mol. The van der Waals surface area contributed by atoms with Crippen molar-refractivity contribution in [1.29, 1.82) is 0 Å². The molecule has 0 saturated carbocycles. The summed E-state index contributed by atoms with van der Waals surface area (Å²) in [6, 6.07) is 16.8. The van der Waals surface area contributed by atoms with E-state index in [1.54, 1.807) is 0 Å². The van der Waals surface area contributed by atoms with Crippen LogP contribution in [0.2, 0.25) is 0 Å². The molecule has 0 aliphatic rings. The summed E-state index contributed by atoms with van der Waals surface area (Å²) in [5.41, 5.74) is 4.72. The molecule has 0 bridgehead atoms. The highest BCUT2D eigenvalue weighted by Gasteiger charge is 2.11. The van der Waals surface area contributed by atoms with Crippen LogP contribution in [-0.4, -0.2) is 9.55 Å². The van der Waals surface area contributed by atoms with Gasteiger partial charge in [0.05, 0.1) is 11.0 Å². The number of hydrogen-bond donors (Lipinski definition) is 0. The lowest BCUT2D eigenvalue weighted by atomic mass is 10.2. The average Bonchev–Trinajstić information content (AvgIpc) is 2.80. The van der Waals surface area contributed by atoms with Crippen molar-refractivity contribution < 1.29 is 0 Å². The number of fused-ring (bicyclic) bond motifs is 1. The molecule has 3 aromatic rings. The fraction of sp³-hybridized carbons (Fsp3) is 0.188. The van der Waals surface area contributed by atoms with Crippen molar-refractivity contribution in [3.63, 3.8) is 0 Å². The van der Waals surface area contributed by atoms with Crippen LogP contribution >= 0.6 is 0 Å². The second-order valence-corrected chi connectivity index (χ2v) is 4.50. The van der Waals surface area contributed by atoms with Gasteiger partial charge in [0.2, 0.25) is 0 Å². The largest absolute Gasteiger partial charge is 0.296 e. The predicted octanol–water partition coefficient (Wildman–Crippen LogP) is 3.90. The van der Waals surface area contributed by atoms with E-state index in [9.17, 15) is 0 Å². The summed E-state index contributed by atoms with van der Waals surface area (Å²) in [6.07, 6.45) is 0.934. The van der Waals surface area contributed by atoms with Gasteiger partial charge in [0, 0.05) is 12.1 Å². The molecule has 0 spiro atoms. The van der Waals surface area contributed by atoms with Gasteiger partial charge in [0.25, 0.3) is 0 Å². The Bertz CT molecular complexity index is 681. The van der Waals surface area contributed by atoms with Crippen molar-refractivity contribution in [1.82, 2.24) is 9.55 Å². The standard InChI is InChI=1S/C16H16N2/c1-3-15-17-16-12(2)8-7-11-14(16)18(15)13-9-5-4-6-10-13/h4-11H,3H2,1-2H3. The van der Waals surface area contributed by atoms with E-state index in [0.29, 0.717) is 0 Å². The highest BCUT2D eigenvalue weighted by molar-refractivity contribution is 5.81. The minimum atomic E-state index is 0.934. The molecule has 18 heavy (non-hydrogen) atoms. The number of aromatic nitrogens is 2. The summed E-state index contributed by atoms with van der Waals surface area (Å²) in [6.45, 7) is 4.26. The second-order valence-electron chi connectivity index (χ2n) is 4.50. The quantitative estimate of drug-likeness (QED) is 0.660. The van der Waals surface area contributed by atoms with Gasteiger partial charge >= 0.3 is 0 Å². The monoisotopic (exact) mass is 236 g/mol. The van der Waals surface area contributed by atoms with Crippen molar-refractivity contribution >= 4 is 11.0 Å². The number of aryl methyl sites for hydroxylation is 2. The molecule has 0 fully saturated rings. The van der Waals surface area contributed by atoms with Crippen LogP contribution in [-0.2, 0) is 6.42 Å². The van der Waals surface area contributed by atoms with Gasteiger partial charge in [0.1, 0.15) is 5.82 Å². The van der Waals surface area contributed by atoms with Gasteiger partial charge in [-0.2, -0.15) is 0 Å². The third kappa shape index (κ3) is 1.61. The Morgan fingerprint density at radius 1 is 1.00 bits per heavy atom. The first-order valence-corrected chi connectivity index (χ1v) is 6.33. The van der Waals surface area contributed by atoms with Gasteiger partial charge in [-0.15, -0.1) is 0 Å². The summed E-state index contributed by atoms with van der Waals surface area (Å²) in [5, 5.41) is 0. The van der Waals surface area contributed by atoms with Crippen molar-refractivity contribution in [2.24, 2.45) is 0 Å². The third-order valence-electron chi connectivity index (χ3n) is 3.29. The molecule has 0 radical (unpaired) electrons. The maximum absolute atomic E-state index is 4.77. The molecule has 1 aromatic heterocycles. The van der Waals surface area contributed by atoms with Crippen LogP contribution in [0.5, 0.6) is 0 Å². The number of rotatable bonds is 2. The maximum atomic E-state index is 4.77. The lowest BCUT2D eigenvalue weighted by Crippen LogP contribution is -1.99. The van der Waals surface area contributed by atoms with Gasteiger partial charge in [0.15, 0.2) is 0 Å². The summed E-state index contributed by atoms with van der Waals surface area (Å²) in [7, 11) is 0. The number of hydrogen-bond acceptors (Lipinski definition) is 1. The summed E-state index contributed by atoms with van der Waals surface area (Å²) in [5.74, 6) is 1.12. The van der Waals surface area contributed by atoms with Gasteiger partial charge in [-0.25, -0.2) is 4.98 Å². The van der Waals surface area contributed by atoms with Crippen LogP contribution in [0.15, 0.2) is 48.5 Å². The minimum absolute atomic E-state index is 0.934. The maximum Gasteiger partial charge on any atom is 0.114 e. The first-order chi connectivity index (χ1) is 8.81. The second kappa shape index (κ2) is 4.30. The topological polar surface area (TPSA) is 17.8 Å². The highest BCUT2D eigenvalue weighted by Crippen LogP contribution is 2.23. The zero-order chi connectivity index (χ0) is 12.5. The van der Waals surface area contributed by atoms with E-state index in [2.05, 4.69) is 60.9 Å². The summed E-state index contributed by atoms with van der Waals surface area (Å²) >= 11 is 0. The van der Waals surface area contributed by atoms with E-state index >= 15 is 0 Å². The molecule has 2 nitrogen and oxygen atoms in total. The van der Waals surface area contributed by atoms with Gasteiger partial charge in [-0.3, -0.25) is 4.57 Å². The highest BCUT2D eigenvalue weighted by atomic mass is 15.1. The predicted molar refractivity (Wildman–Crippen MR) is 75.2 cm³/mol. The zero-order valence-electron chi connectivity index (χ0n) is 10.7. The van der Waals surface area contributed by atoms with Crippen LogP contribution in [0.25, 0.3) is 16.7 Å². The molecule has 0 N–H and O–H groups in total. The Morgan fingerprint density at radius 3 is 2.50 bits per heavy atom. The summed E-state index contributed by atoms with van der Waals surface area (Å²) < 4.78 is 2.25. The van der Waals surface area contributed by atoms with E-state index in [1.165, 1.54) is 16.8 Å². The SMILES string of the molecule is CCc1nc2c(C)cccc2n1-c1ccccc1. The Balaban J connectivity index is 2.37. The van der Waals surface area contributed by atoms with Crippen LogP contribution < -0.4 is 0 Å². The van der Waals surface area contributed by atoms with Gasteiger partial charge < -0.3 is 0 Å². The average molecular weight is 236 g/mol. The normalized spacial score (nSPS) is 11.0. The lowest BCUT2D eigenvalue weighted by molar-refractivity contribution is 0.908. The molecule has 90 valence electrons. The third-order valence-corrected chi connectivity index (χ3v) is 3.29. The molecule has 0 amide bonds. The van der Waals surface area contributed by atoms with Crippen LogP contribution in [0.1, 0.15) is 18.3 Å². The molecule has 0 unspecified atom stereocenters. The lowest BCUT2D eigenvalue weighted by Gasteiger charge is -2.07. The van der Waals surface area contributed by atoms with Gasteiger partial charge in [-0.1, -0.05) is 37.3 Å². The van der Waals surface area contributed by atoms with E-state index in [0.717, 1.165) is 17.8 Å². The number of para-hydroxylation sites is 2. The van der Waals surface area contributed by atoms with Crippen molar-refractivity contribution in [2.75, 3.05) is 0 Å². The van der Waals surface area contributed by atoms with E-state index < -0.39 is 0 Å². The number of imidazole rings is 1. The Morgan fingerprint density at radius 2 is 1.78 bits per heavy atom. The van der Waals surface area contributed by atoms with E-state index in [4.69, 9.17) is 4.98 Å². The fourth-order valence-corrected chi connectivity index (χ4v) is 2.39. The van der Waals surface area contributed by atoms with Crippen LogP contribution in [0.4, 0.5) is 0 Å². The van der Waals surface area contributed by atoms with Crippen molar-refractivity contribution in [3.05, 3.63) is 59.9 Å². The van der Waals surface area contributed by atoms with Crippen LogP contribution in [0, 0.1) is 6.92 Å². The Labute approximate surface area is 107 Å². The molecule has 2 heteroatoms. The Hall–Kier alpha value is -2.09. The molecule has 0 saturated heterocycles. The molecule has 3 rings (SSSR count). The van der Waals surface area contributed by atoms with E-state index in [1.807, 2.05) is 6.07 Å². The molecule has 0 atom stereocenters. The first-order valence-electron chi connectivity index (χ1n) is 6.33. The van der Waals surface area contributed by atoms with Crippen molar-refractivity contribution in [3.8, 4) is 5.69 Å². The van der Waals surface area contributed by atoms with Gasteiger partial charge in [-0.05, 0) is 30.7 Å². The van der Waals surface area contributed by atoms with Crippen LogP contribution in [0.3, 0.4) is 0 Å². The molecule has 2 aromatic carbocycles. The van der Waals surface area contributed by atoms with E-state index in [-0.39, 0.29) is 0 Å². The molecule has 0 aliphatic heterocycles. The molecule has 1 heterocycles. The Kier molecular flexibility index (Phi) is 2.63. The molecular formula is C16H16N2. The smallest absolute Gasteiger partial charge is 0.114 e. The molecule has 0 aliphatic carbocycles. The zero-order valence-corrected chi connectivity index (χ0v) is 10.7. The first kappa shape index (κ1) is 11.0. The fourth-order valence-electron chi connectivity index (χ4n) is 2.39. The minimum Gasteiger partial charge on any atom is -0.296 e.